The molecule has 0 saturated carbocycles. The van der Waals surface area contributed by atoms with Crippen LogP contribution in [0.15, 0.2) is 23.2 Å². The molecule has 0 spiro atoms. The summed E-state index contributed by atoms with van der Waals surface area (Å²) in [7, 11) is 1.83. The van der Waals surface area contributed by atoms with E-state index in [4.69, 9.17) is 4.74 Å². The second-order valence-electron chi connectivity index (χ2n) is 7.86. The highest BCUT2D eigenvalue weighted by atomic mass is 16.5. The molecule has 1 aliphatic rings. The summed E-state index contributed by atoms with van der Waals surface area (Å²) in [5.41, 5.74) is 2.39. The number of guanidine groups is 1. The molecular weight excluding hydrogens is 336 g/mol. The Morgan fingerprint density at radius 1 is 1.33 bits per heavy atom. The van der Waals surface area contributed by atoms with Gasteiger partial charge in [-0.05, 0) is 64.1 Å². The fraction of sp³-hybridized carbons (Fsp3) is 0.682. The highest BCUT2D eigenvalue weighted by Gasteiger charge is 2.21. The maximum atomic E-state index is 5.92. The van der Waals surface area contributed by atoms with Gasteiger partial charge in [-0.2, -0.15) is 0 Å². The average molecular weight is 375 g/mol. The van der Waals surface area contributed by atoms with Crippen LogP contribution in [0.2, 0.25) is 0 Å². The first-order valence-electron chi connectivity index (χ1n) is 10.4. The van der Waals surface area contributed by atoms with Crippen LogP contribution in [0.5, 0.6) is 5.75 Å². The largest absolute Gasteiger partial charge is 0.493 e. The number of nitrogens with one attached hydrogen (secondary N) is 2. The van der Waals surface area contributed by atoms with Crippen molar-refractivity contribution >= 4 is 5.96 Å². The Labute approximate surface area is 165 Å². The number of hydrogen-bond donors (Lipinski definition) is 2. The van der Waals surface area contributed by atoms with Gasteiger partial charge in [-0.15, -0.1) is 0 Å². The van der Waals surface area contributed by atoms with Gasteiger partial charge in [-0.3, -0.25) is 4.99 Å². The molecule has 5 heteroatoms. The Morgan fingerprint density at radius 2 is 2.15 bits per heavy atom. The number of nitrogens with zero attached hydrogens (tertiary/aromatic N) is 2. The van der Waals surface area contributed by atoms with Crippen LogP contribution in [0.25, 0.3) is 0 Å². The van der Waals surface area contributed by atoms with Crippen LogP contribution in [0, 0.1) is 12.8 Å². The number of hydrogen-bond acceptors (Lipinski definition) is 3. The van der Waals surface area contributed by atoms with Crippen LogP contribution in [-0.2, 0) is 6.54 Å². The summed E-state index contributed by atoms with van der Waals surface area (Å²) in [5.74, 6) is 2.51. The molecule has 1 aromatic carbocycles. The van der Waals surface area contributed by atoms with Gasteiger partial charge in [0.25, 0.3) is 0 Å². The van der Waals surface area contributed by atoms with Crippen molar-refractivity contribution in [2.75, 3.05) is 33.3 Å². The van der Waals surface area contributed by atoms with Crippen molar-refractivity contribution in [3.8, 4) is 5.75 Å². The third kappa shape index (κ3) is 7.06. The predicted octanol–water partition coefficient (Wildman–Crippen LogP) is 3.57. The van der Waals surface area contributed by atoms with Crippen molar-refractivity contribution in [1.29, 1.82) is 0 Å². The number of likely N-dealkylation sites (tertiary alicyclic amines) is 1. The van der Waals surface area contributed by atoms with Crippen LogP contribution in [0.1, 0.15) is 51.2 Å². The Morgan fingerprint density at radius 3 is 2.85 bits per heavy atom. The predicted molar refractivity (Wildman–Crippen MR) is 115 cm³/mol. The lowest BCUT2D eigenvalue weighted by Crippen LogP contribution is -2.46. The fourth-order valence-electron chi connectivity index (χ4n) is 3.53. The van der Waals surface area contributed by atoms with Crippen LogP contribution >= 0.6 is 0 Å². The molecule has 2 N–H and O–H groups in total. The first-order valence-corrected chi connectivity index (χ1v) is 10.4. The third-order valence-corrected chi connectivity index (χ3v) is 5.19. The molecule has 2 rings (SSSR count). The summed E-state index contributed by atoms with van der Waals surface area (Å²) in [6, 6.07) is 7.02. The molecule has 152 valence electrons. The normalized spacial score (nSPS) is 18.6. The third-order valence-electron chi connectivity index (χ3n) is 5.19. The minimum atomic E-state index is 0.633. The molecule has 0 radical (unpaired) electrons. The molecule has 1 heterocycles. The average Bonchev–Trinajstić information content (AvgIpc) is 2.67. The van der Waals surface area contributed by atoms with Crippen molar-refractivity contribution < 1.29 is 4.74 Å². The van der Waals surface area contributed by atoms with Crippen LogP contribution in [-0.4, -0.2) is 50.2 Å². The maximum absolute atomic E-state index is 5.92. The molecule has 1 aliphatic heterocycles. The van der Waals surface area contributed by atoms with E-state index in [1.165, 1.54) is 37.1 Å². The van der Waals surface area contributed by atoms with E-state index in [9.17, 15) is 0 Å². The Hall–Kier alpha value is -1.75. The van der Waals surface area contributed by atoms with E-state index < -0.39 is 0 Å². The van der Waals surface area contributed by atoms with E-state index >= 15 is 0 Å². The SMILES string of the molecule is CCCOc1cc(C)ccc1CNC(=NC)NCC1CCCN(C(C)C)C1. The minimum Gasteiger partial charge on any atom is -0.493 e. The summed E-state index contributed by atoms with van der Waals surface area (Å²) < 4.78 is 5.92. The van der Waals surface area contributed by atoms with Gasteiger partial charge in [0.15, 0.2) is 5.96 Å². The quantitative estimate of drug-likeness (QED) is 0.539. The molecule has 0 amide bonds. The molecule has 0 bridgehead atoms. The highest BCUT2D eigenvalue weighted by molar-refractivity contribution is 5.79. The molecule has 0 aromatic heterocycles. The first-order chi connectivity index (χ1) is 13.0. The Bertz CT molecular complexity index is 600. The first kappa shape index (κ1) is 21.5. The number of rotatable bonds is 8. The number of aryl methyl sites for hydroxylation is 1. The summed E-state index contributed by atoms with van der Waals surface area (Å²) in [4.78, 5) is 6.97. The summed E-state index contributed by atoms with van der Waals surface area (Å²) in [6.07, 6.45) is 3.59. The van der Waals surface area contributed by atoms with E-state index in [2.05, 4.69) is 66.4 Å². The number of ether oxygens (including phenoxy) is 1. The van der Waals surface area contributed by atoms with Crippen molar-refractivity contribution in [3.63, 3.8) is 0 Å². The fourth-order valence-corrected chi connectivity index (χ4v) is 3.53. The molecule has 0 aliphatic carbocycles. The molecular formula is C22H38N4O. The monoisotopic (exact) mass is 374 g/mol. The van der Waals surface area contributed by atoms with Gasteiger partial charge in [0, 0.05) is 38.3 Å². The van der Waals surface area contributed by atoms with E-state index in [-0.39, 0.29) is 0 Å². The Balaban J connectivity index is 1.85. The Kier molecular flexibility index (Phi) is 8.92. The van der Waals surface area contributed by atoms with E-state index in [1.807, 2.05) is 7.05 Å². The van der Waals surface area contributed by atoms with Crippen LogP contribution < -0.4 is 15.4 Å². The van der Waals surface area contributed by atoms with Gasteiger partial charge in [0.2, 0.25) is 0 Å². The van der Waals surface area contributed by atoms with Crippen molar-refractivity contribution in [2.45, 2.75) is 59.5 Å². The van der Waals surface area contributed by atoms with Gasteiger partial charge in [-0.1, -0.05) is 19.1 Å². The van der Waals surface area contributed by atoms with Crippen molar-refractivity contribution in [2.24, 2.45) is 10.9 Å². The standard InChI is InChI=1S/C22H38N4O/c1-6-12-27-21-13-18(4)9-10-20(21)15-25-22(23-5)24-14-19-8-7-11-26(16-19)17(2)3/h9-10,13,17,19H,6-8,11-12,14-16H2,1-5H3,(H2,23,24,25). The van der Waals surface area contributed by atoms with Gasteiger partial charge >= 0.3 is 0 Å². The summed E-state index contributed by atoms with van der Waals surface area (Å²) >= 11 is 0. The van der Waals surface area contributed by atoms with Gasteiger partial charge in [0.05, 0.1) is 6.61 Å². The van der Waals surface area contributed by atoms with Crippen molar-refractivity contribution in [1.82, 2.24) is 15.5 Å². The summed E-state index contributed by atoms with van der Waals surface area (Å²) in [5, 5.41) is 6.96. The minimum absolute atomic E-state index is 0.633. The zero-order chi connectivity index (χ0) is 19.6. The van der Waals surface area contributed by atoms with Gasteiger partial charge < -0.3 is 20.3 Å². The lowest BCUT2D eigenvalue weighted by atomic mass is 9.97. The van der Waals surface area contributed by atoms with E-state index in [0.29, 0.717) is 18.5 Å². The van der Waals surface area contributed by atoms with Gasteiger partial charge in [-0.25, -0.2) is 0 Å². The molecule has 1 saturated heterocycles. The topological polar surface area (TPSA) is 48.9 Å². The molecule has 1 atom stereocenters. The smallest absolute Gasteiger partial charge is 0.191 e. The number of piperidine rings is 1. The zero-order valence-corrected chi connectivity index (χ0v) is 17.8. The lowest BCUT2D eigenvalue weighted by Gasteiger charge is -2.35. The maximum Gasteiger partial charge on any atom is 0.191 e. The molecule has 1 fully saturated rings. The van der Waals surface area contributed by atoms with E-state index in [1.54, 1.807) is 0 Å². The molecule has 1 aromatic rings. The van der Waals surface area contributed by atoms with Crippen LogP contribution in [0.3, 0.4) is 0 Å². The van der Waals surface area contributed by atoms with Crippen LogP contribution in [0.4, 0.5) is 0 Å². The molecule has 27 heavy (non-hydrogen) atoms. The summed E-state index contributed by atoms with van der Waals surface area (Å²) in [6.45, 7) is 13.6. The van der Waals surface area contributed by atoms with Gasteiger partial charge in [0.1, 0.15) is 5.75 Å². The zero-order valence-electron chi connectivity index (χ0n) is 17.8. The number of benzene rings is 1. The second kappa shape index (κ2) is 11.2. The van der Waals surface area contributed by atoms with Crippen molar-refractivity contribution in [3.05, 3.63) is 29.3 Å². The lowest BCUT2D eigenvalue weighted by molar-refractivity contribution is 0.141. The van der Waals surface area contributed by atoms with E-state index in [0.717, 1.165) is 31.3 Å². The number of aliphatic imine (C=N–C) groups is 1. The second-order valence-corrected chi connectivity index (χ2v) is 7.86. The highest BCUT2D eigenvalue weighted by Crippen LogP contribution is 2.21. The molecule has 1 unspecified atom stereocenters. The molecule has 5 nitrogen and oxygen atoms in total.